The fraction of sp³-hybridized carbons (Fsp3) is 1.00. The first kappa shape index (κ1) is 7.94. The third kappa shape index (κ3) is 2.30. The van der Waals surface area contributed by atoms with Crippen LogP contribution >= 0.6 is 0 Å². The topological polar surface area (TPSA) is 0 Å². The lowest BCUT2D eigenvalue weighted by Crippen LogP contribution is -2.28. The predicted octanol–water partition coefficient (Wildman–Crippen LogP) is 1.06. The highest BCUT2D eigenvalue weighted by Gasteiger charge is 2.38. The van der Waals surface area contributed by atoms with Crippen LogP contribution in [-0.4, -0.2) is 21.5 Å². The minimum atomic E-state index is -4.60. The van der Waals surface area contributed by atoms with E-state index < -0.39 is 21.5 Å². The van der Waals surface area contributed by atoms with Crippen LogP contribution in [-0.2, 0) is 0 Å². The second kappa shape index (κ2) is 2.48. The number of hydrogen-bond acceptors (Lipinski definition) is 0. The summed E-state index contributed by atoms with van der Waals surface area (Å²) in [6, 6.07) is 0. The van der Waals surface area contributed by atoms with Crippen molar-refractivity contribution in [3.63, 3.8) is 0 Å². The van der Waals surface area contributed by atoms with Crippen LogP contribution in [0.2, 0.25) is 6.55 Å². The first-order valence-electron chi connectivity index (χ1n) is 2.19. The van der Waals surface area contributed by atoms with Gasteiger partial charge in [-0.2, -0.15) is 13.2 Å². The Morgan fingerprint density at radius 1 is 1.38 bits per heavy atom. The van der Waals surface area contributed by atoms with Crippen LogP contribution in [0.5, 0.6) is 0 Å². The van der Waals surface area contributed by atoms with Gasteiger partial charge in [-0.05, 0) is 0 Å². The van der Waals surface area contributed by atoms with Gasteiger partial charge < -0.3 is 0 Å². The van der Waals surface area contributed by atoms with Crippen LogP contribution in [0.15, 0.2) is 0 Å². The summed E-state index contributed by atoms with van der Waals surface area (Å²) in [6.45, 7) is 1.29. The Morgan fingerprint density at radius 2 is 1.75 bits per heavy atom. The third-order valence-electron chi connectivity index (χ3n) is 0.714. The Balaban J connectivity index is 3.62. The zero-order chi connectivity index (χ0) is 6.78. The Labute approximate surface area is 46.7 Å². The number of alkyl halides is 4. The highest BCUT2D eigenvalue weighted by atomic mass is 28.2. The lowest BCUT2D eigenvalue weighted by atomic mass is 10.7. The van der Waals surface area contributed by atoms with E-state index in [9.17, 15) is 17.6 Å². The molecule has 8 heavy (non-hydrogen) atoms. The monoisotopic (exact) mass is 146 g/mol. The highest BCUT2D eigenvalue weighted by molar-refractivity contribution is 6.35. The van der Waals surface area contributed by atoms with Gasteiger partial charge in [0.05, 0.1) is 9.52 Å². The van der Waals surface area contributed by atoms with Crippen LogP contribution in [0.4, 0.5) is 17.6 Å². The maximum Gasteiger partial charge on any atom is 0.415 e. The molecular formula is C3H6F4Si. The van der Waals surface area contributed by atoms with Crippen molar-refractivity contribution in [1.82, 2.24) is 0 Å². The molecule has 0 saturated carbocycles. The van der Waals surface area contributed by atoms with Crippen molar-refractivity contribution in [3.05, 3.63) is 0 Å². The van der Waals surface area contributed by atoms with Crippen molar-refractivity contribution in [2.24, 2.45) is 0 Å². The van der Waals surface area contributed by atoms with Crippen molar-refractivity contribution in [2.75, 3.05) is 0 Å². The van der Waals surface area contributed by atoms with Crippen LogP contribution < -0.4 is 0 Å². The average molecular weight is 146 g/mol. The van der Waals surface area contributed by atoms with Crippen molar-refractivity contribution in [3.8, 4) is 0 Å². The molecule has 0 radical (unpaired) electrons. The van der Waals surface area contributed by atoms with Gasteiger partial charge in [-0.3, -0.25) is 0 Å². The standard InChI is InChI=1S/C3H6F4Si/c1-8-2(4)3(5,6)7/h2H,8H2,1H3. The lowest BCUT2D eigenvalue weighted by molar-refractivity contribution is -0.157. The zero-order valence-electron chi connectivity index (χ0n) is 4.30. The quantitative estimate of drug-likeness (QED) is 0.383. The predicted molar refractivity (Wildman–Crippen MR) is 25.4 cm³/mol. The Morgan fingerprint density at radius 3 is 1.75 bits per heavy atom. The van der Waals surface area contributed by atoms with E-state index in [2.05, 4.69) is 0 Å². The van der Waals surface area contributed by atoms with Gasteiger partial charge in [-0.15, -0.1) is 0 Å². The molecule has 0 rings (SSSR count). The Kier molecular flexibility index (Phi) is 2.46. The number of rotatable bonds is 1. The maximum atomic E-state index is 11.6. The van der Waals surface area contributed by atoms with E-state index >= 15 is 0 Å². The van der Waals surface area contributed by atoms with Crippen LogP contribution in [0.25, 0.3) is 0 Å². The summed E-state index contributed by atoms with van der Waals surface area (Å²) in [5.41, 5.74) is 0. The maximum absolute atomic E-state index is 11.6. The summed E-state index contributed by atoms with van der Waals surface area (Å²) in [5, 5.41) is 0. The smallest absolute Gasteiger partial charge is 0.242 e. The summed E-state index contributed by atoms with van der Waals surface area (Å²) < 4.78 is 44.9. The van der Waals surface area contributed by atoms with Crippen molar-refractivity contribution in [2.45, 2.75) is 18.5 Å². The molecule has 50 valence electrons. The van der Waals surface area contributed by atoms with E-state index in [0.29, 0.717) is 0 Å². The van der Waals surface area contributed by atoms with Crippen molar-refractivity contribution < 1.29 is 17.6 Å². The fourth-order valence-corrected chi connectivity index (χ4v) is 0.694. The molecule has 0 bridgehead atoms. The molecule has 0 aliphatic carbocycles. The van der Waals surface area contributed by atoms with E-state index in [1.165, 1.54) is 6.55 Å². The minimum absolute atomic E-state index is 1.29. The number of halogens is 4. The van der Waals surface area contributed by atoms with Gasteiger partial charge in [0, 0.05) is 0 Å². The van der Waals surface area contributed by atoms with Crippen molar-refractivity contribution in [1.29, 1.82) is 0 Å². The van der Waals surface area contributed by atoms with Gasteiger partial charge in [0.25, 0.3) is 0 Å². The van der Waals surface area contributed by atoms with Crippen LogP contribution in [0.1, 0.15) is 0 Å². The molecule has 0 spiro atoms. The van der Waals surface area contributed by atoms with Crippen molar-refractivity contribution >= 4 is 9.52 Å². The van der Waals surface area contributed by atoms with E-state index in [1.54, 1.807) is 0 Å². The summed E-state index contributed by atoms with van der Waals surface area (Å²) in [5.74, 6) is -2.51. The zero-order valence-corrected chi connectivity index (χ0v) is 5.71. The lowest BCUT2D eigenvalue weighted by Gasteiger charge is -2.07. The molecule has 0 N–H and O–H groups in total. The number of hydrogen-bond donors (Lipinski definition) is 0. The molecule has 1 unspecified atom stereocenters. The van der Waals surface area contributed by atoms with Gasteiger partial charge >= 0.3 is 6.18 Å². The largest absolute Gasteiger partial charge is 0.415 e. The van der Waals surface area contributed by atoms with Crippen LogP contribution in [0.3, 0.4) is 0 Å². The molecule has 1 atom stereocenters. The molecule has 0 aliphatic heterocycles. The van der Waals surface area contributed by atoms with E-state index in [4.69, 9.17) is 0 Å². The molecule has 0 nitrogen and oxygen atoms in total. The molecule has 0 saturated heterocycles. The molecule has 0 aromatic heterocycles. The Bertz CT molecular complexity index is 68.2. The second-order valence-electron chi connectivity index (χ2n) is 1.42. The molecule has 0 amide bonds. The highest BCUT2D eigenvalue weighted by Crippen LogP contribution is 2.21. The van der Waals surface area contributed by atoms with E-state index in [0.717, 1.165) is 0 Å². The summed E-state index contributed by atoms with van der Waals surface area (Å²) in [7, 11) is -1.56. The van der Waals surface area contributed by atoms with E-state index in [1.807, 2.05) is 0 Å². The summed E-state index contributed by atoms with van der Waals surface area (Å²) in [6.07, 6.45) is -4.60. The first-order valence-corrected chi connectivity index (χ1v) is 4.42. The van der Waals surface area contributed by atoms with Gasteiger partial charge in [-0.1, -0.05) is 6.55 Å². The van der Waals surface area contributed by atoms with Gasteiger partial charge in [-0.25, -0.2) is 4.39 Å². The molecule has 0 aromatic carbocycles. The summed E-state index contributed by atoms with van der Waals surface area (Å²) in [4.78, 5) is 0. The first-order chi connectivity index (χ1) is 3.48. The third-order valence-corrected chi connectivity index (χ3v) is 1.89. The molecule has 0 heterocycles. The summed E-state index contributed by atoms with van der Waals surface area (Å²) >= 11 is 0. The molecule has 0 fully saturated rings. The Hall–Kier alpha value is -0.0631. The SMILES string of the molecule is C[SiH2]C(F)C(F)(F)F. The second-order valence-corrected chi connectivity index (χ2v) is 2.95. The minimum Gasteiger partial charge on any atom is -0.242 e. The van der Waals surface area contributed by atoms with Gasteiger partial charge in [0.1, 0.15) is 0 Å². The van der Waals surface area contributed by atoms with Gasteiger partial charge in [0.15, 0.2) is 5.79 Å². The molecule has 5 heteroatoms. The molecule has 0 aliphatic rings. The average Bonchev–Trinajstić information content (AvgIpc) is 1.62. The normalized spacial score (nSPS) is 17.6. The molecule has 0 aromatic rings. The molecular weight excluding hydrogens is 140 g/mol. The fourth-order valence-electron chi connectivity index (χ4n) is 0.231. The van der Waals surface area contributed by atoms with E-state index in [-0.39, 0.29) is 0 Å². The van der Waals surface area contributed by atoms with Gasteiger partial charge in [0.2, 0.25) is 0 Å². The van der Waals surface area contributed by atoms with Crippen LogP contribution in [0, 0.1) is 0 Å².